The molecule has 0 unspecified atom stereocenters. The maximum Gasteiger partial charge on any atom is 0.230 e. The Morgan fingerprint density at radius 3 is 1.96 bits per heavy atom. The van der Waals surface area contributed by atoms with Gasteiger partial charge in [-0.05, 0) is 35.4 Å². The smallest absolute Gasteiger partial charge is 0.230 e. The highest BCUT2D eigenvalue weighted by atomic mass is 32.2. The predicted molar refractivity (Wildman–Crippen MR) is 90.3 cm³/mol. The van der Waals surface area contributed by atoms with Gasteiger partial charge in [-0.15, -0.1) is 18.3 Å². The highest BCUT2D eigenvalue weighted by Gasteiger charge is 2.16. The number of halogens is 2. The topological polar surface area (TPSA) is 29.1 Å². The van der Waals surface area contributed by atoms with Crippen LogP contribution in [0.3, 0.4) is 0 Å². The van der Waals surface area contributed by atoms with Crippen LogP contribution in [0.25, 0.3) is 0 Å². The van der Waals surface area contributed by atoms with E-state index >= 15 is 0 Å². The molecule has 2 aromatic carbocycles. The number of carbonyl (C=O) groups excluding carboxylic acids is 1. The van der Waals surface area contributed by atoms with E-state index in [9.17, 15) is 13.6 Å². The van der Waals surface area contributed by atoms with Crippen LogP contribution < -0.4 is 5.32 Å². The van der Waals surface area contributed by atoms with E-state index in [1.807, 2.05) is 0 Å². The van der Waals surface area contributed by atoms with Crippen molar-refractivity contribution in [1.82, 2.24) is 5.32 Å². The van der Waals surface area contributed by atoms with Crippen molar-refractivity contribution in [1.29, 1.82) is 0 Å². The number of hydrogen-bond acceptors (Lipinski definition) is 2. The predicted octanol–water partition coefficient (Wildman–Crippen LogP) is 4.09. The van der Waals surface area contributed by atoms with E-state index in [0.29, 0.717) is 6.54 Å². The molecule has 0 fully saturated rings. The summed E-state index contributed by atoms with van der Waals surface area (Å²) in [4.78, 5) is 11.8. The van der Waals surface area contributed by atoms with E-state index in [0.717, 1.165) is 11.1 Å². The first-order valence-corrected chi connectivity index (χ1v) is 8.15. The third-order valence-corrected chi connectivity index (χ3v) is 4.48. The summed E-state index contributed by atoms with van der Waals surface area (Å²) in [5, 5.41) is 2.54. The lowest BCUT2D eigenvalue weighted by Crippen LogP contribution is -2.25. The minimum Gasteiger partial charge on any atom is -0.352 e. The lowest BCUT2D eigenvalue weighted by molar-refractivity contribution is -0.118. The molecule has 0 heterocycles. The summed E-state index contributed by atoms with van der Waals surface area (Å²) in [5.41, 5.74) is 1.72. The van der Waals surface area contributed by atoms with Crippen molar-refractivity contribution in [2.24, 2.45) is 0 Å². The summed E-state index contributed by atoms with van der Waals surface area (Å²) in [6.07, 6.45) is 1.61. The highest BCUT2D eigenvalue weighted by molar-refractivity contribution is 8.00. The first kappa shape index (κ1) is 17.2. The van der Waals surface area contributed by atoms with E-state index in [4.69, 9.17) is 0 Å². The Labute approximate surface area is 138 Å². The molecule has 0 aromatic heterocycles. The molecule has 0 aliphatic heterocycles. The Morgan fingerprint density at radius 1 is 1.04 bits per heavy atom. The van der Waals surface area contributed by atoms with Gasteiger partial charge in [-0.3, -0.25) is 4.79 Å². The number of benzene rings is 2. The first-order chi connectivity index (χ1) is 11.1. The van der Waals surface area contributed by atoms with Crippen LogP contribution in [-0.2, 0) is 4.79 Å². The van der Waals surface area contributed by atoms with Gasteiger partial charge in [0, 0.05) is 6.54 Å². The number of thioether (sulfide) groups is 1. The third-order valence-electron chi connectivity index (χ3n) is 3.17. The van der Waals surface area contributed by atoms with Gasteiger partial charge in [0.15, 0.2) is 0 Å². The van der Waals surface area contributed by atoms with Gasteiger partial charge in [-0.25, -0.2) is 8.78 Å². The van der Waals surface area contributed by atoms with E-state index in [1.54, 1.807) is 30.3 Å². The van der Waals surface area contributed by atoms with Gasteiger partial charge in [-0.1, -0.05) is 30.3 Å². The maximum atomic E-state index is 13.1. The minimum absolute atomic E-state index is 0.107. The summed E-state index contributed by atoms with van der Waals surface area (Å²) in [6, 6.07) is 12.2. The third kappa shape index (κ3) is 5.21. The number of carbonyl (C=O) groups is 1. The molecule has 0 radical (unpaired) electrons. The summed E-state index contributed by atoms with van der Waals surface area (Å²) in [6.45, 7) is 3.96. The molecule has 2 nitrogen and oxygen atoms in total. The van der Waals surface area contributed by atoms with Crippen molar-refractivity contribution in [2.45, 2.75) is 5.25 Å². The highest BCUT2D eigenvalue weighted by Crippen LogP contribution is 2.35. The van der Waals surface area contributed by atoms with Crippen molar-refractivity contribution < 1.29 is 13.6 Å². The minimum atomic E-state index is -0.319. The molecule has 0 atom stereocenters. The maximum absolute atomic E-state index is 13.1. The van der Waals surface area contributed by atoms with Gasteiger partial charge in [0.25, 0.3) is 0 Å². The number of hydrogen-bond donors (Lipinski definition) is 1. The average molecular weight is 333 g/mol. The standard InChI is InChI=1S/C18H17F2NOS/c1-2-11-21-17(22)12-23-18(13-3-7-15(19)8-4-13)14-5-9-16(20)10-6-14/h2-10,18H,1,11-12H2,(H,21,22). The first-order valence-electron chi connectivity index (χ1n) is 7.10. The van der Waals surface area contributed by atoms with Crippen LogP contribution in [0.1, 0.15) is 16.4 Å². The summed E-state index contributed by atoms with van der Waals surface area (Å²) in [5.74, 6) is -0.502. The Balaban J connectivity index is 2.17. The Bertz CT molecular complexity index is 610. The van der Waals surface area contributed by atoms with Crippen LogP contribution in [0.4, 0.5) is 8.78 Å². The molecule has 5 heteroatoms. The van der Waals surface area contributed by atoms with Crippen LogP contribution in [0.5, 0.6) is 0 Å². The molecule has 2 rings (SSSR count). The lowest BCUT2D eigenvalue weighted by atomic mass is 10.0. The fourth-order valence-electron chi connectivity index (χ4n) is 2.06. The quantitative estimate of drug-likeness (QED) is 0.773. The Kier molecular flexibility index (Phi) is 6.35. The SMILES string of the molecule is C=CCNC(=O)CSC(c1ccc(F)cc1)c1ccc(F)cc1. The van der Waals surface area contributed by atoms with Crippen molar-refractivity contribution in [3.05, 3.63) is 83.9 Å². The molecule has 0 aliphatic carbocycles. The molecule has 0 saturated heterocycles. The van der Waals surface area contributed by atoms with E-state index in [-0.39, 0.29) is 28.5 Å². The molecular formula is C18H17F2NOS. The van der Waals surface area contributed by atoms with E-state index in [2.05, 4.69) is 11.9 Å². The molecular weight excluding hydrogens is 316 g/mol. The van der Waals surface area contributed by atoms with Gasteiger partial charge in [0.2, 0.25) is 5.91 Å². The Hall–Kier alpha value is -2.14. The Morgan fingerprint density at radius 2 is 1.52 bits per heavy atom. The van der Waals surface area contributed by atoms with Crippen LogP contribution in [-0.4, -0.2) is 18.2 Å². The van der Waals surface area contributed by atoms with Crippen molar-refractivity contribution in [3.8, 4) is 0 Å². The molecule has 23 heavy (non-hydrogen) atoms. The molecule has 0 saturated carbocycles. The number of rotatable bonds is 7. The van der Waals surface area contributed by atoms with Gasteiger partial charge >= 0.3 is 0 Å². The van der Waals surface area contributed by atoms with Crippen molar-refractivity contribution >= 4 is 17.7 Å². The molecule has 120 valence electrons. The van der Waals surface area contributed by atoms with Gasteiger partial charge in [0.05, 0.1) is 11.0 Å². The molecule has 2 aromatic rings. The van der Waals surface area contributed by atoms with Gasteiger partial charge in [0.1, 0.15) is 11.6 Å². The molecule has 1 N–H and O–H groups in total. The van der Waals surface area contributed by atoms with Crippen LogP contribution in [0, 0.1) is 11.6 Å². The summed E-state index contributed by atoms with van der Waals surface area (Å²) >= 11 is 1.41. The van der Waals surface area contributed by atoms with Gasteiger partial charge < -0.3 is 5.32 Å². The van der Waals surface area contributed by atoms with Crippen molar-refractivity contribution in [3.63, 3.8) is 0 Å². The lowest BCUT2D eigenvalue weighted by Gasteiger charge is -2.17. The zero-order valence-electron chi connectivity index (χ0n) is 12.5. The molecule has 0 bridgehead atoms. The fraction of sp³-hybridized carbons (Fsp3) is 0.167. The largest absolute Gasteiger partial charge is 0.352 e. The number of nitrogens with one attached hydrogen (secondary N) is 1. The van der Waals surface area contributed by atoms with Gasteiger partial charge in [-0.2, -0.15) is 0 Å². The zero-order valence-corrected chi connectivity index (χ0v) is 13.3. The second-order valence-electron chi connectivity index (χ2n) is 4.89. The zero-order chi connectivity index (χ0) is 16.7. The second-order valence-corrected chi connectivity index (χ2v) is 5.98. The summed E-state index contributed by atoms with van der Waals surface area (Å²) in [7, 11) is 0. The molecule has 1 amide bonds. The number of amides is 1. The average Bonchev–Trinajstić information content (AvgIpc) is 2.56. The fourth-order valence-corrected chi connectivity index (χ4v) is 3.18. The van der Waals surface area contributed by atoms with E-state index < -0.39 is 0 Å². The van der Waals surface area contributed by atoms with Crippen LogP contribution in [0.15, 0.2) is 61.2 Å². The molecule has 0 aliphatic rings. The normalized spacial score (nSPS) is 10.6. The van der Waals surface area contributed by atoms with E-state index in [1.165, 1.54) is 36.0 Å². The van der Waals surface area contributed by atoms with Crippen molar-refractivity contribution in [2.75, 3.05) is 12.3 Å². The van der Waals surface area contributed by atoms with Crippen LogP contribution in [0.2, 0.25) is 0 Å². The summed E-state index contributed by atoms with van der Waals surface area (Å²) < 4.78 is 26.3. The second kappa shape index (κ2) is 8.48. The monoisotopic (exact) mass is 333 g/mol. The molecule has 0 spiro atoms. The van der Waals surface area contributed by atoms with Crippen LogP contribution >= 0.6 is 11.8 Å².